The van der Waals surface area contributed by atoms with Gasteiger partial charge in [0.05, 0.1) is 27.8 Å². The molecule has 0 spiro atoms. The van der Waals surface area contributed by atoms with Crippen molar-refractivity contribution >= 4 is 48.2 Å². The van der Waals surface area contributed by atoms with Crippen LogP contribution in [0.4, 0.5) is 0 Å². The predicted octanol–water partition coefficient (Wildman–Crippen LogP) is 5.30. The molecule has 0 aliphatic heterocycles. The van der Waals surface area contributed by atoms with Gasteiger partial charge in [-0.25, -0.2) is 21.6 Å². The number of nitrogens with zero attached hydrogens (tertiary/aromatic N) is 1. The zero-order valence-corrected chi connectivity index (χ0v) is 23.9. The van der Waals surface area contributed by atoms with Gasteiger partial charge in [0.2, 0.25) is 0 Å². The molecular formula is C30H29NO6S2. The SMILES string of the molecule is COC(=O)C(=Cc1cccc(-c2cc(C(C)(C)S(C)(=O)=O)cc3cccnc23)c1)c1ccc(S(C)(=O)=O)cc1. The number of carbonyl (C=O) groups is 1. The van der Waals surface area contributed by atoms with E-state index in [-0.39, 0.29) is 10.5 Å². The van der Waals surface area contributed by atoms with E-state index in [0.717, 1.165) is 28.3 Å². The van der Waals surface area contributed by atoms with Crippen molar-refractivity contribution in [2.45, 2.75) is 23.5 Å². The minimum absolute atomic E-state index is 0.147. The minimum Gasteiger partial charge on any atom is -0.465 e. The van der Waals surface area contributed by atoms with E-state index < -0.39 is 30.4 Å². The number of fused-ring (bicyclic) bond motifs is 1. The molecule has 0 bridgehead atoms. The van der Waals surface area contributed by atoms with E-state index in [0.29, 0.717) is 16.7 Å². The Kier molecular flexibility index (Phi) is 7.51. The Hall–Kier alpha value is -3.82. The fourth-order valence-corrected chi connectivity index (χ4v) is 5.36. The molecule has 0 radical (unpaired) electrons. The van der Waals surface area contributed by atoms with E-state index in [9.17, 15) is 21.6 Å². The number of hydrogen-bond acceptors (Lipinski definition) is 7. The van der Waals surface area contributed by atoms with Gasteiger partial charge in [0.1, 0.15) is 0 Å². The largest absolute Gasteiger partial charge is 0.465 e. The van der Waals surface area contributed by atoms with E-state index in [4.69, 9.17) is 4.74 Å². The monoisotopic (exact) mass is 563 g/mol. The lowest BCUT2D eigenvalue weighted by molar-refractivity contribution is -0.133. The van der Waals surface area contributed by atoms with Gasteiger partial charge in [-0.2, -0.15) is 0 Å². The molecule has 0 saturated heterocycles. The number of rotatable bonds is 7. The quantitative estimate of drug-likeness (QED) is 0.171. The average molecular weight is 564 g/mol. The van der Waals surface area contributed by atoms with E-state index in [1.54, 1.807) is 44.3 Å². The first-order chi connectivity index (χ1) is 18.2. The molecule has 1 heterocycles. The lowest BCUT2D eigenvalue weighted by atomic mass is 9.92. The molecule has 9 heteroatoms. The number of esters is 1. The van der Waals surface area contributed by atoms with Crippen LogP contribution >= 0.6 is 0 Å². The second-order valence-corrected chi connectivity index (χ2v) is 14.4. The number of aromatic nitrogens is 1. The summed E-state index contributed by atoms with van der Waals surface area (Å²) in [7, 11) is -5.53. The Bertz CT molecular complexity index is 1820. The molecular weight excluding hydrogens is 534 g/mol. The number of pyridine rings is 1. The molecule has 39 heavy (non-hydrogen) atoms. The maximum absolute atomic E-state index is 12.7. The smallest absolute Gasteiger partial charge is 0.338 e. The van der Waals surface area contributed by atoms with E-state index in [1.165, 1.54) is 25.5 Å². The van der Waals surface area contributed by atoms with Crippen LogP contribution in [0.1, 0.15) is 30.5 Å². The van der Waals surface area contributed by atoms with Gasteiger partial charge in [0.25, 0.3) is 0 Å². The first-order valence-corrected chi connectivity index (χ1v) is 15.8. The van der Waals surface area contributed by atoms with Crippen LogP contribution in [0.5, 0.6) is 0 Å². The van der Waals surface area contributed by atoms with Crippen LogP contribution in [-0.2, 0) is 34.0 Å². The fraction of sp³-hybridized carbons (Fsp3) is 0.200. The van der Waals surface area contributed by atoms with Crippen molar-refractivity contribution in [1.82, 2.24) is 4.98 Å². The highest BCUT2D eigenvalue weighted by Crippen LogP contribution is 2.37. The number of methoxy groups -OCH3 is 1. The number of ether oxygens (including phenoxy) is 1. The van der Waals surface area contributed by atoms with Gasteiger partial charge in [-0.15, -0.1) is 0 Å². The van der Waals surface area contributed by atoms with Crippen LogP contribution < -0.4 is 0 Å². The van der Waals surface area contributed by atoms with Gasteiger partial charge < -0.3 is 4.74 Å². The highest BCUT2D eigenvalue weighted by Gasteiger charge is 2.33. The molecule has 3 aromatic carbocycles. The van der Waals surface area contributed by atoms with Gasteiger partial charge in [-0.1, -0.05) is 36.4 Å². The summed E-state index contributed by atoms with van der Waals surface area (Å²) < 4.78 is 52.8. The first-order valence-electron chi connectivity index (χ1n) is 12.0. The summed E-state index contributed by atoms with van der Waals surface area (Å²) in [5.74, 6) is -0.573. The first kappa shape index (κ1) is 28.2. The third-order valence-electron chi connectivity index (χ3n) is 6.83. The van der Waals surface area contributed by atoms with E-state index in [1.807, 2.05) is 42.5 Å². The molecule has 0 saturated carbocycles. The molecule has 1 aromatic heterocycles. The minimum atomic E-state index is -3.42. The summed E-state index contributed by atoms with van der Waals surface area (Å²) in [4.78, 5) is 17.4. The van der Waals surface area contributed by atoms with Crippen LogP contribution in [0.25, 0.3) is 33.7 Å². The molecule has 0 unspecified atom stereocenters. The molecule has 0 aliphatic carbocycles. The van der Waals surface area contributed by atoms with Crippen molar-refractivity contribution in [3.05, 3.63) is 95.7 Å². The van der Waals surface area contributed by atoms with Gasteiger partial charge in [-0.3, -0.25) is 4.98 Å². The summed E-state index contributed by atoms with van der Waals surface area (Å²) in [6.45, 7) is 3.36. The van der Waals surface area contributed by atoms with Crippen molar-refractivity contribution in [2.24, 2.45) is 0 Å². The normalized spacial score (nSPS) is 12.9. The molecule has 0 fully saturated rings. The standard InChI is InChI=1S/C30H29NO6S2/c1-30(2,39(5,35)36)24-18-23-10-7-15-31-28(23)26(19-24)22-9-6-8-20(16-22)17-27(29(32)37-3)21-11-13-25(14-12-21)38(4,33)34/h6-19H,1-5H3. The summed E-state index contributed by atoms with van der Waals surface area (Å²) in [6, 6.07) is 20.9. The highest BCUT2D eigenvalue weighted by atomic mass is 32.2. The third kappa shape index (κ3) is 5.79. The van der Waals surface area contributed by atoms with Crippen LogP contribution in [-0.4, -0.2) is 47.4 Å². The van der Waals surface area contributed by atoms with Gasteiger partial charge in [0.15, 0.2) is 19.7 Å². The zero-order chi connectivity index (χ0) is 28.6. The second kappa shape index (κ2) is 10.4. The molecule has 4 rings (SSSR count). The highest BCUT2D eigenvalue weighted by molar-refractivity contribution is 7.91. The van der Waals surface area contributed by atoms with Crippen molar-refractivity contribution in [2.75, 3.05) is 19.6 Å². The van der Waals surface area contributed by atoms with Gasteiger partial charge >= 0.3 is 5.97 Å². The summed E-state index contributed by atoms with van der Waals surface area (Å²) in [5.41, 5.74) is 4.35. The van der Waals surface area contributed by atoms with E-state index >= 15 is 0 Å². The van der Waals surface area contributed by atoms with Gasteiger partial charge in [0, 0.05) is 29.7 Å². The Balaban J connectivity index is 1.88. The Labute approximate surface area is 229 Å². The molecule has 0 amide bonds. The summed E-state index contributed by atoms with van der Waals surface area (Å²) >= 11 is 0. The maximum Gasteiger partial charge on any atom is 0.338 e. The second-order valence-electron chi connectivity index (χ2n) is 9.85. The zero-order valence-electron chi connectivity index (χ0n) is 22.3. The Morgan fingerprint density at radius 3 is 2.21 bits per heavy atom. The van der Waals surface area contributed by atoms with Crippen LogP contribution in [0.3, 0.4) is 0 Å². The fourth-order valence-electron chi connectivity index (χ4n) is 4.19. The number of benzene rings is 3. The third-order valence-corrected chi connectivity index (χ3v) is 10.1. The molecule has 0 atom stereocenters. The molecule has 202 valence electrons. The Morgan fingerprint density at radius 1 is 0.897 bits per heavy atom. The lowest BCUT2D eigenvalue weighted by Gasteiger charge is -2.24. The molecule has 0 N–H and O–H groups in total. The maximum atomic E-state index is 12.7. The molecule has 7 nitrogen and oxygen atoms in total. The van der Waals surface area contributed by atoms with Crippen molar-refractivity contribution in [1.29, 1.82) is 0 Å². The van der Waals surface area contributed by atoms with Crippen molar-refractivity contribution in [3.63, 3.8) is 0 Å². The van der Waals surface area contributed by atoms with Crippen LogP contribution in [0.15, 0.2) is 83.9 Å². The molecule has 4 aromatic rings. The van der Waals surface area contributed by atoms with Crippen molar-refractivity contribution in [3.8, 4) is 11.1 Å². The topological polar surface area (TPSA) is 107 Å². The van der Waals surface area contributed by atoms with Crippen molar-refractivity contribution < 1.29 is 26.4 Å². The number of carbonyl (C=O) groups excluding carboxylic acids is 1. The average Bonchev–Trinajstić information content (AvgIpc) is 2.89. The number of hydrogen-bond donors (Lipinski definition) is 0. The molecule has 0 aliphatic rings. The van der Waals surface area contributed by atoms with Gasteiger partial charge in [-0.05, 0) is 78.6 Å². The predicted molar refractivity (Wildman–Crippen MR) is 154 cm³/mol. The number of sulfone groups is 2. The van der Waals surface area contributed by atoms with Crippen LogP contribution in [0.2, 0.25) is 0 Å². The summed E-state index contributed by atoms with van der Waals surface area (Å²) in [6.07, 6.45) is 5.70. The lowest BCUT2D eigenvalue weighted by Crippen LogP contribution is -2.28. The van der Waals surface area contributed by atoms with Crippen LogP contribution in [0, 0.1) is 0 Å². The summed E-state index contributed by atoms with van der Waals surface area (Å²) in [5, 5.41) is 0.809. The Morgan fingerprint density at radius 2 is 1.59 bits per heavy atom. The van der Waals surface area contributed by atoms with E-state index in [2.05, 4.69) is 4.98 Å².